The molecule has 1 aromatic carbocycles. The second kappa shape index (κ2) is 12.1. The van der Waals surface area contributed by atoms with Crippen LogP contribution >= 0.6 is 0 Å². The molecule has 5 nitrogen and oxygen atoms in total. The van der Waals surface area contributed by atoms with Crippen LogP contribution in [0.1, 0.15) is 56.1 Å². The Bertz CT molecular complexity index is 775. The van der Waals surface area contributed by atoms with Gasteiger partial charge in [-0.2, -0.15) is 0 Å². The molecule has 2 N–H and O–H groups in total. The van der Waals surface area contributed by atoms with Gasteiger partial charge in [0.1, 0.15) is 0 Å². The third-order valence-electron chi connectivity index (χ3n) is 5.01. The van der Waals surface area contributed by atoms with Gasteiger partial charge in [-0.25, -0.2) is 0 Å². The first-order valence-corrected chi connectivity index (χ1v) is 10.3. The molecule has 1 unspecified atom stereocenters. The Labute approximate surface area is 173 Å². The molecular formula is C24H31NO4. The lowest BCUT2D eigenvalue weighted by Crippen LogP contribution is -2.38. The van der Waals surface area contributed by atoms with Gasteiger partial charge in [-0.15, -0.1) is 5.92 Å². The summed E-state index contributed by atoms with van der Waals surface area (Å²) in [6.45, 7) is 2.37. The number of aliphatic hydroxyl groups is 1. The van der Waals surface area contributed by atoms with Crippen molar-refractivity contribution in [1.29, 1.82) is 0 Å². The number of aliphatic hydroxyl groups excluding tert-OH is 1. The monoisotopic (exact) mass is 397 g/mol. The van der Waals surface area contributed by atoms with E-state index in [0.29, 0.717) is 32.2 Å². The van der Waals surface area contributed by atoms with E-state index in [-0.39, 0.29) is 18.4 Å². The highest BCUT2D eigenvalue weighted by Crippen LogP contribution is 2.19. The summed E-state index contributed by atoms with van der Waals surface area (Å²) < 4.78 is 0. The zero-order valence-electron chi connectivity index (χ0n) is 17.1. The summed E-state index contributed by atoms with van der Waals surface area (Å²) in [6, 6.07) is 8.03. The zero-order valence-corrected chi connectivity index (χ0v) is 17.1. The van der Waals surface area contributed by atoms with E-state index in [2.05, 4.69) is 17.9 Å². The SMILES string of the molecule is Cc1cccc(CC(O)/C=C/[C@H]2CCCCC(=O)N2CC#CCCCC(=O)O)c1. The van der Waals surface area contributed by atoms with Gasteiger partial charge in [0.15, 0.2) is 0 Å². The molecule has 0 radical (unpaired) electrons. The maximum atomic E-state index is 12.5. The minimum absolute atomic E-state index is 0.0644. The van der Waals surface area contributed by atoms with Crippen molar-refractivity contribution < 1.29 is 19.8 Å². The Hall–Kier alpha value is -2.58. The van der Waals surface area contributed by atoms with Gasteiger partial charge in [0.2, 0.25) is 5.91 Å². The third kappa shape index (κ3) is 8.53. The van der Waals surface area contributed by atoms with Crippen LogP contribution in [0.2, 0.25) is 0 Å². The molecule has 1 heterocycles. The fourth-order valence-corrected chi connectivity index (χ4v) is 3.48. The number of unbranched alkanes of at least 4 members (excludes halogenated alkanes) is 1. The molecule has 2 rings (SSSR count). The predicted molar refractivity (Wildman–Crippen MR) is 113 cm³/mol. The van der Waals surface area contributed by atoms with E-state index < -0.39 is 12.1 Å². The van der Waals surface area contributed by atoms with E-state index in [4.69, 9.17) is 5.11 Å². The smallest absolute Gasteiger partial charge is 0.303 e. The van der Waals surface area contributed by atoms with Crippen molar-refractivity contribution in [3.8, 4) is 11.8 Å². The van der Waals surface area contributed by atoms with Gasteiger partial charge in [-0.3, -0.25) is 9.59 Å². The van der Waals surface area contributed by atoms with Crippen LogP contribution in [0.5, 0.6) is 0 Å². The number of amides is 1. The molecule has 0 spiro atoms. The minimum Gasteiger partial charge on any atom is -0.481 e. The number of nitrogens with zero attached hydrogens (tertiary/aromatic N) is 1. The van der Waals surface area contributed by atoms with Crippen molar-refractivity contribution in [3.63, 3.8) is 0 Å². The minimum atomic E-state index is -0.816. The molecule has 1 saturated heterocycles. The molecule has 1 aliphatic heterocycles. The molecule has 0 saturated carbocycles. The second-order valence-corrected chi connectivity index (χ2v) is 7.58. The first-order valence-electron chi connectivity index (χ1n) is 10.3. The van der Waals surface area contributed by atoms with Crippen LogP contribution < -0.4 is 0 Å². The molecule has 5 heteroatoms. The number of hydrogen-bond donors (Lipinski definition) is 2. The van der Waals surface area contributed by atoms with E-state index in [0.717, 1.165) is 24.8 Å². The molecule has 1 fully saturated rings. The predicted octanol–water partition coefficient (Wildman–Crippen LogP) is 3.48. The highest BCUT2D eigenvalue weighted by molar-refractivity contribution is 5.77. The Kier molecular flexibility index (Phi) is 9.46. The van der Waals surface area contributed by atoms with Crippen molar-refractivity contribution in [2.24, 2.45) is 0 Å². The molecule has 0 aromatic heterocycles. The van der Waals surface area contributed by atoms with E-state index >= 15 is 0 Å². The highest BCUT2D eigenvalue weighted by Gasteiger charge is 2.23. The number of carboxylic acids is 1. The van der Waals surface area contributed by atoms with Crippen LogP contribution in [-0.2, 0) is 16.0 Å². The summed E-state index contributed by atoms with van der Waals surface area (Å²) in [5.74, 6) is 5.26. The van der Waals surface area contributed by atoms with Crippen LogP contribution in [0.4, 0.5) is 0 Å². The molecule has 1 amide bonds. The zero-order chi connectivity index (χ0) is 21.1. The quantitative estimate of drug-likeness (QED) is 0.400. The van der Waals surface area contributed by atoms with Gasteiger partial charge in [-0.05, 0) is 31.7 Å². The summed E-state index contributed by atoms with van der Waals surface area (Å²) in [7, 11) is 0. The van der Waals surface area contributed by atoms with Crippen molar-refractivity contribution in [3.05, 3.63) is 47.5 Å². The number of benzene rings is 1. The van der Waals surface area contributed by atoms with Crippen molar-refractivity contribution in [2.75, 3.05) is 6.54 Å². The number of likely N-dealkylation sites (tertiary alicyclic amines) is 1. The van der Waals surface area contributed by atoms with Gasteiger partial charge in [-0.1, -0.05) is 54.3 Å². The average molecular weight is 398 g/mol. The molecule has 156 valence electrons. The van der Waals surface area contributed by atoms with E-state index in [1.165, 1.54) is 5.56 Å². The number of hydrogen-bond acceptors (Lipinski definition) is 3. The fourth-order valence-electron chi connectivity index (χ4n) is 3.48. The molecule has 0 bridgehead atoms. The van der Waals surface area contributed by atoms with Crippen LogP contribution in [-0.4, -0.2) is 45.7 Å². The summed E-state index contributed by atoms with van der Waals surface area (Å²) in [5, 5.41) is 19.1. The Morgan fingerprint density at radius 1 is 1.34 bits per heavy atom. The summed E-state index contributed by atoms with van der Waals surface area (Å²) >= 11 is 0. The third-order valence-corrected chi connectivity index (χ3v) is 5.01. The second-order valence-electron chi connectivity index (χ2n) is 7.58. The average Bonchev–Trinajstić information content (AvgIpc) is 2.84. The lowest BCUT2D eigenvalue weighted by molar-refractivity contribution is -0.137. The summed E-state index contributed by atoms with van der Waals surface area (Å²) in [6.07, 6.45) is 8.05. The highest BCUT2D eigenvalue weighted by atomic mass is 16.4. The van der Waals surface area contributed by atoms with E-state index in [9.17, 15) is 14.7 Å². The Morgan fingerprint density at radius 3 is 2.93 bits per heavy atom. The maximum Gasteiger partial charge on any atom is 0.303 e. The summed E-state index contributed by atoms with van der Waals surface area (Å²) in [4.78, 5) is 24.8. The molecule has 1 aromatic rings. The number of aryl methyl sites for hydroxylation is 1. The van der Waals surface area contributed by atoms with E-state index in [1.54, 1.807) is 11.0 Å². The van der Waals surface area contributed by atoms with Gasteiger partial charge in [0.05, 0.1) is 18.7 Å². The van der Waals surface area contributed by atoms with Crippen molar-refractivity contribution in [2.45, 2.75) is 70.4 Å². The standard InChI is InChI=1S/C24H31NO4/c1-19-9-8-10-20(17-19)18-22(26)15-14-21-11-5-6-12-23(27)25(21)16-7-3-2-4-13-24(28)29/h8-10,14-15,17,21-22,26H,2,4-6,11-13,16,18H2,1H3,(H,28,29)/b15-14+/t21-,22?/m1/s1. The van der Waals surface area contributed by atoms with Crippen LogP contribution in [0.25, 0.3) is 0 Å². The molecule has 2 atom stereocenters. The van der Waals surface area contributed by atoms with Crippen LogP contribution in [0.15, 0.2) is 36.4 Å². The van der Waals surface area contributed by atoms with Gasteiger partial charge < -0.3 is 15.1 Å². The molecule has 29 heavy (non-hydrogen) atoms. The number of carbonyl (C=O) groups excluding carboxylic acids is 1. The lowest BCUT2D eigenvalue weighted by Gasteiger charge is -2.26. The van der Waals surface area contributed by atoms with Crippen LogP contribution in [0.3, 0.4) is 0 Å². The van der Waals surface area contributed by atoms with Gasteiger partial charge >= 0.3 is 5.97 Å². The molecule has 0 aliphatic carbocycles. The first kappa shape index (κ1) is 22.7. The maximum absolute atomic E-state index is 12.5. The topological polar surface area (TPSA) is 77.8 Å². The van der Waals surface area contributed by atoms with Gasteiger partial charge in [0, 0.05) is 25.7 Å². The van der Waals surface area contributed by atoms with Crippen molar-refractivity contribution >= 4 is 11.9 Å². The lowest BCUT2D eigenvalue weighted by atomic mass is 10.0. The van der Waals surface area contributed by atoms with Crippen molar-refractivity contribution in [1.82, 2.24) is 4.90 Å². The number of carboxylic acid groups (broad SMARTS) is 1. The first-order chi connectivity index (χ1) is 14.0. The fraction of sp³-hybridized carbons (Fsp3) is 0.500. The Morgan fingerprint density at radius 2 is 2.17 bits per heavy atom. The largest absolute Gasteiger partial charge is 0.481 e. The number of rotatable bonds is 8. The van der Waals surface area contributed by atoms with E-state index in [1.807, 2.05) is 31.2 Å². The molecule has 1 aliphatic rings. The van der Waals surface area contributed by atoms with Crippen LogP contribution in [0, 0.1) is 18.8 Å². The summed E-state index contributed by atoms with van der Waals surface area (Å²) in [5.41, 5.74) is 2.25. The number of aliphatic carboxylic acids is 1. The van der Waals surface area contributed by atoms with Gasteiger partial charge in [0.25, 0.3) is 0 Å². The Balaban J connectivity index is 1.95. The molecular weight excluding hydrogens is 366 g/mol. The normalized spacial score (nSPS) is 18.2. The number of carbonyl (C=O) groups is 2.